The van der Waals surface area contributed by atoms with Crippen LogP contribution in [0.25, 0.3) is 0 Å². The second kappa shape index (κ2) is 9.18. The zero-order valence-electron chi connectivity index (χ0n) is 17.0. The second-order valence-electron chi connectivity index (χ2n) is 7.53. The minimum absolute atomic E-state index is 0.0212. The monoisotopic (exact) mass is 426 g/mol. The maximum atomic E-state index is 9.35. The van der Waals surface area contributed by atoms with Crippen molar-refractivity contribution in [1.82, 2.24) is 14.8 Å². The molecule has 0 amide bonds. The van der Waals surface area contributed by atoms with E-state index >= 15 is 0 Å². The summed E-state index contributed by atoms with van der Waals surface area (Å²) in [4.78, 5) is 0. The van der Waals surface area contributed by atoms with Gasteiger partial charge in [0.15, 0.2) is 11.4 Å². The van der Waals surface area contributed by atoms with Crippen molar-refractivity contribution in [2.24, 2.45) is 13.0 Å². The third-order valence-corrected chi connectivity index (χ3v) is 6.48. The summed E-state index contributed by atoms with van der Waals surface area (Å²) >= 11 is 1.62. The molecule has 3 aromatic rings. The zero-order chi connectivity index (χ0) is 21.1. The van der Waals surface area contributed by atoms with Crippen molar-refractivity contribution >= 4 is 17.4 Å². The molecule has 0 aliphatic carbocycles. The van der Waals surface area contributed by atoms with Gasteiger partial charge < -0.3 is 24.9 Å². The van der Waals surface area contributed by atoms with Crippen LogP contribution >= 0.6 is 11.8 Å². The van der Waals surface area contributed by atoms with Crippen LogP contribution in [0.15, 0.2) is 60.0 Å². The van der Waals surface area contributed by atoms with E-state index in [1.54, 1.807) is 18.1 Å². The normalized spacial score (nSPS) is 24.1. The van der Waals surface area contributed by atoms with Gasteiger partial charge in [-0.05, 0) is 23.3 Å². The number of anilines is 1. The average molecular weight is 427 g/mol. The van der Waals surface area contributed by atoms with Gasteiger partial charge in [-0.2, -0.15) is 0 Å². The first-order valence-corrected chi connectivity index (χ1v) is 10.9. The number of aliphatic hydroxyl groups is 1. The summed E-state index contributed by atoms with van der Waals surface area (Å²) < 4.78 is 14.7. The average Bonchev–Trinajstić information content (AvgIpc) is 3.18. The first kappa shape index (κ1) is 20.9. The maximum Gasteiger partial charge on any atom is 0.190 e. The fourth-order valence-electron chi connectivity index (χ4n) is 3.58. The van der Waals surface area contributed by atoms with Crippen LogP contribution in [0.2, 0.25) is 0 Å². The lowest BCUT2D eigenvalue weighted by Crippen LogP contribution is -2.38. The molecule has 3 N–H and O–H groups in total. The Morgan fingerprint density at radius 3 is 2.60 bits per heavy atom. The fraction of sp³-hybridized carbons (Fsp3) is 0.364. The molecular weight excluding hydrogens is 400 g/mol. The molecule has 4 atom stereocenters. The van der Waals surface area contributed by atoms with Crippen molar-refractivity contribution in [3.05, 3.63) is 71.5 Å². The highest BCUT2D eigenvalue weighted by atomic mass is 32.2. The molecule has 1 aromatic heterocycles. The molecule has 4 unspecified atom stereocenters. The number of thioether (sulfide) groups is 1. The van der Waals surface area contributed by atoms with E-state index in [0.717, 1.165) is 27.6 Å². The number of aliphatic hydroxyl groups excluding tert-OH is 1. The Balaban J connectivity index is 1.60. The highest BCUT2D eigenvalue weighted by molar-refractivity contribution is 7.99. The van der Waals surface area contributed by atoms with Crippen LogP contribution in [0.4, 0.5) is 5.69 Å². The van der Waals surface area contributed by atoms with Crippen molar-refractivity contribution in [2.75, 3.05) is 11.5 Å². The van der Waals surface area contributed by atoms with Gasteiger partial charge in [-0.1, -0.05) is 55.1 Å². The number of hydrogen-bond acceptors (Lipinski definition) is 7. The molecule has 2 aromatic carbocycles. The van der Waals surface area contributed by atoms with Gasteiger partial charge in [0, 0.05) is 30.0 Å². The van der Waals surface area contributed by atoms with Crippen LogP contribution in [0.5, 0.6) is 0 Å². The van der Waals surface area contributed by atoms with E-state index in [0.29, 0.717) is 5.69 Å². The van der Waals surface area contributed by atoms with E-state index in [1.165, 1.54) is 0 Å². The van der Waals surface area contributed by atoms with Crippen LogP contribution in [0.1, 0.15) is 36.0 Å². The quantitative estimate of drug-likeness (QED) is 0.460. The van der Waals surface area contributed by atoms with Crippen LogP contribution in [0, 0.1) is 5.92 Å². The topological polar surface area (TPSA) is 95.4 Å². The van der Waals surface area contributed by atoms with Crippen LogP contribution < -0.4 is 5.73 Å². The van der Waals surface area contributed by atoms with Gasteiger partial charge in [-0.15, -0.1) is 10.2 Å². The Kier molecular flexibility index (Phi) is 6.38. The van der Waals surface area contributed by atoms with Gasteiger partial charge in [-0.25, -0.2) is 0 Å². The number of ether oxygens (including phenoxy) is 2. The number of nitrogen functional groups attached to an aromatic ring is 1. The number of nitrogens with zero attached hydrogens (tertiary/aromatic N) is 3. The van der Waals surface area contributed by atoms with E-state index in [1.807, 2.05) is 60.1 Å². The van der Waals surface area contributed by atoms with E-state index in [9.17, 15) is 5.11 Å². The molecule has 2 heterocycles. The molecule has 8 heteroatoms. The van der Waals surface area contributed by atoms with E-state index in [4.69, 9.17) is 15.2 Å². The summed E-state index contributed by atoms with van der Waals surface area (Å²) in [5.41, 5.74) is 9.49. The predicted octanol–water partition coefficient (Wildman–Crippen LogP) is 3.47. The molecule has 0 radical (unpaired) electrons. The van der Waals surface area contributed by atoms with Gasteiger partial charge in [0.2, 0.25) is 0 Å². The molecular formula is C22H26N4O3S. The lowest BCUT2D eigenvalue weighted by Gasteiger charge is -2.41. The van der Waals surface area contributed by atoms with Gasteiger partial charge in [0.05, 0.1) is 18.8 Å². The molecule has 1 aliphatic heterocycles. The van der Waals surface area contributed by atoms with Crippen molar-refractivity contribution < 1.29 is 14.6 Å². The summed E-state index contributed by atoms with van der Waals surface area (Å²) in [5.74, 6) is 0.837. The van der Waals surface area contributed by atoms with Crippen LogP contribution in [-0.2, 0) is 23.1 Å². The van der Waals surface area contributed by atoms with Crippen LogP contribution in [-0.4, -0.2) is 31.7 Å². The number of benzene rings is 2. The SMILES string of the molecule is CC1C(CSc2nncn2C)OC(c2cccc(N)c2)OC1c1ccc(CO)cc1. The summed E-state index contributed by atoms with van der Waals surface area (Å²) in [5, 5.41) is 18.3. The number of aromatic nitrogens is 3. The Morgan fingerprint density at radius 1 is 1.13 bits per heavy atom. The largest absolute Gasteiger partial charge is 0.399 e. The molecule has 0 bridgehead atoms. The van der Waals surface area contributed by atoms with Crippen molar-refractivity contribution in [2.45, 2.75) is 37.2 Å². The zero-order valence-corrected chi connectivity index (χ0v) is 17.8. The first-order chi connectivity index (χ1) is 14.5. The summed E-state index contributed by atoms with van der Waals surface area (Å²) in [6.07, 6.45) is 0.965. The summed E-state index contributed by atoms with van der Waals surface area (Å²) in [6, 6.07) is 15.5. The van der Waals surface area contributed by atoms with E-state index in [2.05, 4.69) is 17.1 Å². The van der Waals surface area contributed by atoms with Crippen molar-refractivity contribution in [3.63, 3.8) is 0 Å². The molecule has 7 nitrogen and oxygen atoms in total. The third-order valence-electron chi connectivity index (χ3n) is 5.35. The predicted molar refractivity (Wildman–Crippen MR) is 116 cm³/mol. The van der Waals surface area contributed by atoms with Crippen molar-refractivity contribution in [1.29, 1.82) is 0 Å². The Bertz CT molecular complexity index is 979. The van der Waals surface area contributed by atoms with Gasteiger partial charge in [0.25, 0.3) is 0 Å². The number of aryl methyl sites for hydroxylation is 1. The number of hydrogen-bond donors (Lipinski definition) is 2. The molecule has 30 heavy (non-hydrogen) atoms. The molecule has 1 saturated heterocycles. The summed E-state index contributed by atoms with van der Waals surface area (Å²) in [7, 11) is 1.93. The van der Waals surface area contributed by atoms with E-state index < -0.39 is 6.29 Å². The molecule has 0 saturated carbocycles. The molecule has 1 aliphatic rings. The first-order valence-electron chi connectivity index (χ1n) is 9.88. The summed E-state index contributed by atoms with van der Waals surface area (Å²) in [6.45, 7) is 2.16. The molecule has 4 rings (SSSR count). The van der Waals surface area contributed by atoms with Crippen LogP contribution in [0.3, 0.4) is 0 Å². The molecule has 0 spiro atoms. The lowest BCUT2D eigenvalue weighted by atomic mass is 9.91. The Morgan fingerprint density at radius 2 is 1.93 bits per heavy atom. The molecule has 1 fully saturated rings. The highest BCUT2D eigenvalue weighted by Crippen LogP contribution is 2.43. The van der Waals surface area contributed by atoms with Gasteiger partial charge in [-0.3, -0.25) is 0 Å². The third kappa shape index (κ3) is 4.52. The minimum Gasteiger partial charge on any atom is -0.399 e. The smallest absolute Gasteiger partial charge is 0.190 e. The Labute approximate surface area is 180 Å². The second-order valence-corrected chi connectivity index (χ2v) is 8.51. The van der Waals surface area contributed by atoms with Crippen molar-refractivity contribution in [3.8, 4) is 0 Å². The highest BCUT2D eigenvalue weighted by Gasteiger charge is 2.38. The fourth-order valence-corrected chi connectivity index (χ4v) is 4.63. The standard InChI is InChI=1S/C22H26N4O3S/c1-14-19(12-30-22-25-24-13-26(22)2)28-21(17-4-3-5-18(23)10-17)29-20(14)16-8-6-15(11-27)7-9-16/h3-10,13-14,19-21,27H,11-12,23H2,1-2H3. The number of nitrogens with two attached hydrogens (primary N) is 1. The lowest BCUT2D eigenvalue weighted by molar-refractivity contribution is -0.268. The van der Waals surface area contributed by atoms with Gasteiger partial charge >= 0.3 is 0 Å². The maximum absolute atomic E-state index is 9.35. The van der Waals surface area contributed by atoms with E-state index in [-0.39, 0.29) is 24.7 Å². The Hall–Kier alpha value is -2.39. The minimum atomic E-state index is -0.516. The molecule has 158 valence electrons. The van der Waals surface area contributed by atoms with Gasteiger partial charge in [0.1, 0.15) is 6.33 Å². The number of rotatable bonds is 6.